The molecule has 6 nitrogen and oxygen atoms in total. The summed E-state index contributed by atoms with van der Waals surface area (Å²) in [4.78, 5) is 25.4. The van der Waals surface area contributed by atoms with Gasteiger partial charge in [0.05, 0.1) is 13.2 Å². The lowest BCUT2D eigenvalue weighted by atomic mass is 10.0. The standard InChI is InChI=1S/C56H82O6/c1-3-5-7-9-11-13-15-17-19-21-23-25-27-31-47-59-51-41-35-49(36-42-51)39-45-55(57)61-53-33-29-30-34-54(53)62-56(58)46-40-50-37-43-52(44-38-50)60-48-32-28-26-24-22-20-18-16-14-12-10-8-6-4-2/h29-30,33-46H,3-28,31-32,47-48H2,1-2H3/b45-39+,46-40+. The molecule has 0 radical (unpaired) electrons. The van der Waals surface area contributed by atoms with Crippen LogP contribution in [-0.4, -0.2) is 25.2 Å². The molecule has 3 aromatic carbocycles. The summed E-state index contributed by atoms with van der Waals surface area (Å²) >= 11 is 0. The quantitative estimate of drug-likeness (QED) is 0.0247. The van der Waals surface area contributed by atoms with Crippen LogP contribution in [-0.2, 0) is 9.59 Å². The van der Waals surface area contributed by atoms with Gasteiger partial charge in [-0.15, -0.1) is 0 Å². The molecule has 0 unspecified atom stereocenters. The van der Waals surface area contributed by atoms with Crippen molar-refractivity contribution >= 4 is 24.1 Å². The number of esters is 2. The summed E-state index contributed by atoms with van der Waals surface area (Å²) in [6, 6.07) is 22.0. The van der Waals surface area contributed by atoms with E-state index in [-0.39, 0.29) is 11.5 Å². The Morgan fingerprint density at radius 2 is 0.645 bits per heavy atom. The Labute approximate surface area is 377 Å². The lowest BCUT2D eigenvalue weighted by Gasteiger charge is -2.08. The number of hydrogen-bond donors (Lipinski definition) is 0. The minimum absolute atomic E-state index is 0.163. The molecule has 0 aromatic heterocycles. The Bertz CT molecular complexity index is 1490. The first-order chi connectivity index (χ1) is 30.6. The molecule has 0 bridgehead atoms. The highest BCUT2D eigenvalue weighted by Crippen LogP contribution is 2.27. The van der Waals surface area contributed by atoms with Crippen molar-refractivity contribution in [2.75, 3.05) is 13.2 Å². The van der Waals surface area contributed by atoms with E-state index in [0.717, 1.165) is 35.5 Å². The molecule has 0 N–H and O–H groups in total. The zero-order valence-electron chi connectivity index (χ0n) is 38.9. The van der Waals surface area contributed by atoms with Gasteiger partial charge < -0.3 is 18.9 Å². The van der Waals surface area contributed by atoms with Gasteiger partial charge in [0, 0.05) is 12.2 Å². The van der Waals surface area contributed by atoms with Gasteiger partial charge >= 0.3 is 11.9 Å². The van der Waals surface area contributed by atoms with Crippen molar-refractivity contribution in [1.82, 2.24) is 0 Å². The van der Waals surface area contributed by atoms with Crippen LogP contribution in [0.5, 0.6) is 23.0 Å². The molecule has 0 aliphatic rings. The van der Waals surface area contributed by atoms with Gasteiger partial charge in [0.15, 0.2) is 11.5 Å². The normalized spacial score (nSPS) is 11.4. The van der Waals surface area contributed by atoms with Gasteiger partial charge in [0.25, 0.3) is 0 Å². The molecular weight excluding hydrogens is 769 g/mol. The molecule has 0 aliphatic heterocycles. The minimum atomic E-state index is -0.575. The van der Waals surface area contributed by atoms with Gasteiger partial charge in [-0.3, -0.25) is 0 Å². The highest BCUT2D eigenvalue weighted by molar-refractivity contribution is 5.91. The molecule has 3 rings (SSSR count). The maximum atomic E-state index is 12.7. The van der Waals surface area contributed by atoms with E-state index in [1.165, 1.54) is 179 Å². The topological polar surface area (TPSA) is 71.1 Å². The van der Waals surface area contributed by atoms with Crippen molar-refractivity contribution in [2.24, 2.45) is 0 Å². The van der Waals surface area contributed by atoms with E-state index in [2.05, 4.69) is 13.8 Å². The number of unbranched alkanes of at least 4 members (excludes halogenated alkanes) is 26. The van der Waals surface area contributed by atoms with E-state index >= 15 is 0 Å². The van der Waals surface area contributed by atoms with Crippen molar-refractivity contribution < 1.29 is 28.5 Å². The van der Waals surface area contributed by atoms with Crippen LogP contribution < -0.4 is 18.9 Å². The molecular formula is C56H82O6. The summed E-state index contributed by atoms with van der Waals surface area (Å²) in [5.74, 6) is 0.817. The van der Waals surface area contributed by atoms with Crippen LogP contribution in [0.15, 0.2) is 84.9 Å². The Hall–Kier alpha value is -4.32. The van der Waals surface area contributed by atoms with Gasteiger partial charge in [0.1, 0.15) is 11.5 Å². The van der Waals surface area contributed by atoms with Gasteiger partial charge in [0.2, 0.25) is 0 Å². The van der Waals surface area contributed by atoms with Gasteiger partial charge in [-0.2, -0.15) is 0 Å². The van der Waals surface area contributed by atoms with Crippen LogP contribution in [0.2, 0.25) is 0 Å². The number of rotatable bonds is 38. The third kappa shape index (κ3) is 26.9. The largest absolute Gasteiger partial charge is 0.494 e. The van der Waals surface area contributed by atoms with Crippen LogP contribution in [0.1, 0.15) is 205 Å². The SMILES string of the molecule is CCCCCCCCCCCCCCCCOc1ccc(/C=C/C(=O)Oc2ccccc2OC(=O)/C=C/c2ccc(OCCCCCCCCCCCCCCCC)cc2)cc1. The van der Waals surface area contributed by atoms with Crippen LogP contribution in [0.25, 0.3) is 12.2 Å². The van der Waals surface area contributed by atoms with Crippen molar-refractivity contribution in [1.29, 1.82) is 0 Å². The summed E-state index contributed by atoms with van der Waals surface area (Å²) in [7, 11) is 0. The van der Waals surface area contributed by atoms with Crippen LogP contribution >= 0.6 is 0 Å². The second-order valence-electron chi connectivity index (χ2n) is 17.0. The first kappa shape index (κ1) is 52.0. The number of ether oxygens (including phenoxy) is 4. The second-order valence-corrected chi connectivity index (χ2v) is 17.0. The first-order valence-electron chi connectivity index (χ1n) is 24.9. The van der Waals surface area contributed by atoms with Gasteiger partial charge in [-0.25, -0.2) is 9.59 Å². The third-order valence-electron chi connectivity index (χ3n) is 11.4. The molecule has 62 heavy (non-hydrogen) atoms. The highest BCUT2D eigenvalue weighted by Gasteiger charge is 2.11. The van der Waals surface area contributed by atoms with Gasteiger partial charge in [-0.1, -0.05) is 217 Å². The maximum Gasteiger partial charge on any atom is 0.336 e. The number of benzene rings is 3. The molecule has 0 heterocycles. The van der Waals surface area contributed by atoms with Crippen molar-refractivity contribution in [2.45, 2.75) is 194 Å². The summed E-state index contributed by atoms with van der Waals surface area (Å²) in [6.45, 7) is 5.97. The molecule has 0 saturated carbocycles. The molecule has 3 aromatic rings. The fourth-order valence-corrected chi connectivity index (χ4v) is 7.56. The third-order valence-corrected chi connectivity index (χ3v) is 11.4. The van der Waals surface area contributed by atoms with E-state index in [0.29, 0.717) is 13.2 Å². The molecule has 6 heteroatoms. The fraction of sp³-hybridized carbons (Fsp3) is 0.571. The first-order valence-corrected chi connectivity index (χ1v) is 24.9. The number of carbonyl (C=O) groups excluding carboxylic acids is 2. The fourth-order valence-electron chi connectivity index (χ4n) is 7.56. The average Bonchev–Trinajstić information content (AvgIpc) is 3.29. The Balaban J connectivity index is 1.24. The highest BCUT2D eigenvalue weighted by atomic mass is 16.6. The van der Waals surface area contributed by atoms with E-state index in [4.69, 9.17) is 18.9 Å². The monoisotopic (exact) mass is 851 g/mol. The number of hydrogen-bond acceptors (Lipinski definition) is 6. The Morgan fingerprint density at radius 3 is 0.935 bits per heavy atom. The molecule has 0 aliphatic carbocycles. The van der Waals surface area contributed by atoms with Crippen LogP contribution in [0.4, 0.5) is 0 Å². The van der Waals surface area contributed by atoms with E-state index in [1.807, 2.05) is 48.5 Å². The number of para-hydroxylation sites is 2. The molecule has 0 atom stereocenters. The molecule has 0 spiro atoms. The lowest BCUT2D eigenvalue weighted by Crippen LogP contribution is -2.08. The predicted molar refractivity (Wildman–Crippen MR) is 260 cm³/mol. The molecule has 0 amide bonds. The van der Waals surface area contributed by atoms with Gasteiger partial charge in [-0.05, 0) is 72.5 Å². The minimum Gasteiger partial charge on any atom is -0.494 e. The second kappa shape index (κ2) is 36.2. The summed E-state index contributed by atoms with van der Waals surface area (Å²) in [5.41, 5.74) is 1.69. The zero-order chi connectivity index (χ0) is 44.0. The van der Waals surface area contributed by atoms with E-state index in [9.17, 15) is 9.59 Å². The van der Waals surface area contributed by atoms with Crippen molar-refractivity contribution in [3.63, 3.8) is 0 Å². The number of carbonyl (C=O) groups is 2. The zero-order valence-corrected chi connectivity index (χ0v) is 38.9. The Kier molecular flexibility index (Phi) is 30.4. The summed E-state index contributed by atoms with van der Waals surface area (Å²) in [6.07, 6.45) is 43.5. The summed E-state index contributed by atoms with van der Waals surface area (Å²) < 4.78 is 22.9. The average molecular weight is 851 g/mol. The lowest BCUT2D eigenvalue weighted by molar-refractivity contribution is -0.131. The van der Waals surface area contributed by atoms with Crippen LogP contribution in [0.3, 0.4) is 0 Å². The van der Waals surface area contributed by atoms with E-state index < -0.39 is 11.9 Å². The molecule has 0 saturated heterocycles. The van der Waals surface area contributed by atoms with E-state index in [1.54, 1.807) is 36.4 Å². The van der Waals surface area contributed by atoms with Crippen LogP contribution in [0, 0.1) is 0 Å². The molecule has 342 valence electrons. The smallest absolute Gasteiger partial charge is 0.336 e. The van der Waals surface area contributed by atoms with Crippen molar-refractivity contribution in [3.8, 4) is 23.0 Å². The van der Waals surface area contributed by atoms with Crippen molar-refractivity contribution in [3.05, 3.63) is 96.1 Å². The Morgan fingerprint density at radius 1 is 0.371 bits per heavy atom. The maximum absolute atomic E-state index is 12.7. The molecule has 0 fully saturated rings. The summed E-state index contributed by atoms with van der Waals surface area (Å²) in [5, 5.41) is 0. The predicted octanol–water partition coefficient (Wildman–Crippen LogP) is 16.6.